The van der Waals surface area contributed by atoms with Crippen LogP contribution >= 0.6 is 11.6 Å². The van der Waals surface area contributed by atoms with Crippen LogP contribution in [0.1, 0.15) is 17.2 Å². The Morgan fingerprint density at radius 1 is 1.00 bits per heavy atom. The number of carboxylic acids is 1. The molecule has 0 heterocycles. The molecule has 0 aromatic heterocycles. The molecule has 0 radical (unpaired) electrons. The summed E-state index contributed by atoms with van der Waals surface area (Å²) in [5, 5.41) is 22.8. The predicted molar refractivity (Wildman–Crippen MR) is 118 cm³/mol. The van der Waals surface area contributed by atoms with Crippen molar-refractivity contribution in [1.82, 2.24) is 5.32 Å². The van der Waals surface area contributed by atoms with Gasteiger partial charge < -0.3 is 20.3 Å². The first kappa shape index (κ1) is 21.8. The van der Waals surface area contributed by atoms with Crippen molar-refractivity contribution in [2.45, 2.75) is 12.5 Å². The second-order valence-corrected chi connectivity index (χ2v) is 7.37. The summed E-state index contributed by atoms with van der Waals surface area (Å²) in [6.45, 7) is 0.875. The molecule has 3 N–H and O–H groups in total. The lowest BCUT2D eigenvalue weighted by Gasteiger charge is -2.12. The Balaban J connectivity index is 1.46. The van der Waals surface area contributed by atoms with Gasteiger partial charge in [-0.15, -0.1) is 0 Å². The molecule has 6 heteroatoms. The number of aliphatic carboxylic acids is 1. The molecule has 0 amide bonds. The molecule has 0 fully saturated rings. The molecular formula is C24H24ClNO4. The summed E-state index contributed by atoms with van der Waals surface area (Å²) in [6, 6.07) is 22.9. The summed E-state index contributed by atoms with van der Waals surface area (Å²) in [7, 11) is 0. The minimum Gasteiger partial charge on any atom is -0.482 e. The van der Waals surface area contributed by atoms with E-state index < -0.39 is 12.1 Å². The van der Waals surface area contributed by atoms with Crippen LogP contribution in [0.15, 0.2) is 72.8 Å². The summed E-state index contributed by atoms with van der Waals surface area (Å²) >= 11 is 5.96. The first-order valence-corrected chi connectivity index (χ1v) is 10.1. The summed E-state index contributed by atoms with van der Waals surface area (Å²) in [5.41, 5.74) is 4.11. The van der Waals surface area contributed by atoms with Crippen molar-refractivity contribution >= 4 is 17.6 Å². The predicted octanol–water partition coefficient (Wildman–Crippen LogP) is 4.34. The van der Waals surface area contributed by atoms with E-state index in [1.54, 1.807) is 24.3 Å². The van der Waals surface area contributed by atoms with Crippen LogP contribution in [0.4, 0.5) is 0 Å². The Hall–Kier alpha value is -2.86. The van der Waals surface area contributed by atoms with Gasteiger partial charge in [-0.25, -0.2) is 4.79 Å². The van der Waals surface area contributed by atoms with Crippen molar-refractivity contribution in [3.05, 3.63) is 88.9 Å². The van der Waals surface area contributed by atoms with Gasteiger partial charge in [-0.2, -0.15) is 0 Å². The number of carbonyl (C=O) groups is 1. The minimum atomic E-state index is -0.997. The van der Waals surface area contributed by atoms with Crippen LogP contribution < -0.4 is 10.1 Å². The molecule has 3 aromatic carbocycles. The second-order valence-electron chi connectivity index (χ2n) is 6.93. The maximum Gasteiger partial charge on any atom is 0.341 e. The SMILES string of the molecule is O=C(O)COc1ccc(-c2ccc(CCNC[C@H](O)c3cccc(Cl)c3)cc2)cc1. The molecule has 156 valence electrons. The van der Waals surface area contributed by atoms with Crippen molar-refractivity contribution < 1.29 is 19.7 Å². The molecule has 0 aliphatic rings. The van der Waals surface area contributed by atoms with E-state index in [9.17, 15) is 9.90 Å². The number of halogens is 1. The van der Waals surface area contributed by atoms with Crippen LogP contribution in [-0.4, -0.2) is 35.9 Å². The highest BCUT2D eigenvalue weighted by Crippen LogP contribution is 2.23. The van der Waals surface area contributed by atoms with Crippen molar-refractivity contribution in [2.24, 2.45) is 0 Å². The fourth-order valence-corrected chi connectivity index (χ4v) is 3.25. The zero-order valence-corrected chi connectivity index (χ0v) is 17.2. The number of nitrogens with one attached hydrogen (secondary N) is 1. The van der Waals surface area contributed by atoms with Crippen LogP contribution in [0.2, 0.25) is 5.02 Å². The van der Waals surface area contributed by atoms with Crippen molar-refractivity contribution in [3.63, 3.8) is 0 Å². The molecule has 0 saturated heterocycles. The molecule has 5 nitrogen and oxygen atoms in total. The Morgan fingerprint density at radius 3 is 2.30 bits per heavy atom. The van der Waals surface area contributed by atoms with E-state index in [0.29, 0.717) is 17.3 Å². The second kappa shape index (κ2) is 10.8. The highest BCUT2D eigenvalue weighted by Gasteiger charge is 2.07. The van der Waals surface area contributed by atoms with Gasteiger partial charge in [0.2, 0.25) is 0 Å². The third-order valence-electron chi connectivity index (χ3n) is 4.67. The number of aliphatic hydroxyl groups is 1. The summed E-state index contributed by atoms with van der Waals surface area (Å²) in [4.78, 5) is 10.6. The number of hydrogen-bond donors (Lipinski definition) is 3. The topological polar surface area (TPSA) is 78.8 Å². The third-order valence-corrected chi connectivity index (χ3v) is 4.90. The van der Waals surface area contributed by atoms with E-state index in [0.717, 1.165) is 29.7 Å². The van der Waals surface area contributed by atoms with Gasteiger partial charge in [-0.3, -0.25) is 0 Å². The van der Waals surface area contributed by atoms with Gasteiger partial charge in [-0.1, -0.05) is 60.1 Å². The lowest BCUT2D eigenvalue weighted by molar-refractivity contribution is -0.139. The van der Waals surface area contributed by atoms with E-state index in [4.69, 9.17) is 21.4 Å². The van der Waals surface area contributed by atoms with Gasteiger partial charge in [0.05, 0.1) is 6.10 Å². The highest BCUT2D eigenvalue weighted by molar-refractivity contribution is 6.30. The van der Waals surface area contributed by atoms with Crippen LogP contribution in [0.3, 0.4) is 0 Å². The van der Waals surface area contributed by atoms with E-state index in [-0.39, 0.29) is 6.61 Å². The van der Waals surface area contributed by atoms with Gasteiger partial charge in [0.1, 0.15) is 5.75 Å². The number of carboxylic acid groups (broad SMARTS) is 1. The van der Waals surface area contributed by atoms with Crippen LogP contribution in [0.25, 0.3) is 11.1 Å². The number of hydrogen-bond acceptors (Lipinski definition) is 4. The van der Waals surface area contributed by atoms with Crippen LogP contribution in [-0.2, 0) is 11.2 Å². The summed E-state index contributed by atoms with van der Waals surface area (Å²) < 4.78 is 5.15. The Morgan fingerprint density at radius 2 is 1.67 bits per heavy atom. The van der Waals surface area contributed by atoms with Crippen molar-refractivity contribution in [1.29, 1.82) is 0 Å². The monoisotopic (exact) mass is 425 g/mol. The largest absolute Gasteiger partial charge is 0.482 e. The number of ether oxygens (including phenoxy) is 1. The maximum atomic E-state index is 10.6. The average Bonchev–Trinajstić information content (AvgIpc) is 2.76. The van der Waals surface area contributed by atoms with Crippen LogP contribution in [0, 0.1) is 0 Å². The lowest BCUT2D eigenvalue weighted by atomic mass is 10.0. The molecule has 3 rings (SSSR count). The van der Waals surface area contributed by atoms with Crippen LogP contribution in [0.5, 0.6) is 5.75 Å². The molecule has 0 aliphatic heterocycles. The molecule has 0 unspecified atom stereocenters. The van der Waals surface area contributed by atoms with E-state index in [1.807, 2.05) is 24.3 Å². The summed E-state index contributed by atoms with van der Waals surface area (Å²) in [6.07, 6.45) is 0.262. The first-order chi connectivity index (χ1) is 14.5. The van der Waals surface area contributed by atoms with E-state index in [2.05, 4.69) is 29.6 Å². The molecule has 1 atom stereocenters. The first-order valence-electron chi connectivity index (χ1n) is 9.69. The van der Waals surface area contributed by atoms with E-state index >= 15 is 0 Å². The Labute approximate surface area is 180 Å². The normalized spacial score (nSPS) is 11.8. The Bertz CT molecular complexity index is 958. The molecule has 3 aromatic rings. The molecular weight excluding hydrogens is 402 g/mol. The quantitative estimate of drug-likeness (QED) is 0.421. The fraction of sp³-hybridized carbons (Fsp3) is 0.208. The zero-order chi connectivity index (χ0) is 21.3. The molecule has 0 bridgehead atoms. The number of rotatable bonds is 10. The average molecular weight is 426 g/mol. The van der Waals surface area contributed by atoms with E-state index in [1.165, 1.54) is 5.56 Å². The van der Waals surface area contributed by atoms with Gasteiger partial charge in [0, 0.05) is 11.6 Å². The number of benzene rings is 3. The maximum absolute atomic E-state index is 10.6. The van der Waals surface area contributed by atoms with Crippen molar-refractivity contribution in [3.8, 4) is 16.9 Å². The molecule has 0 spiro atoms. The molecule has 0 saturated carbocycles. The van der Waals surface area contributed by atoms with Crippen molar-refractivity contribution in [2.75, 3.05) is 19.7 Å². The fourth-order valence-electron chi connectivity index (χ4n) is 3.06. The Kier molecular flexibility index (Phi) is 7.85. The van der Waals surface area contributed by atoms with Gasteiger partial charge >= 0.3 is 5.97 Å². The zero-order valence-electron chi connectivity index (χ0n) is 16.4. The minimum absolute atomic E-state index is 0.349. The van der Waals surface area contributed by atoms with Gasteiger partial charge in [0.25, 0.3) is 0 Å². The lowest BCUT2D eigenvalue weighted by Crippen LogP contribution is -2.23. The third kappa shape index (κ3) is 6.59. The molecule has 0 aliphatic carbocycles. The van der Waals surface area contributed by atoms with Gasteiger partial charge in [0.15, 0.2) is 6.61 Å². The summed E-state index contributed by atoms with van der Waals surface area (Å²) in [5.74, 6) is -0.466. The number of aliphatic hydroxyl groups excluding tert-OH is 1. The highest BCUT2D eigenvalue weighted by atomic mass is 35.5. The molecule has 30 heavy (non-hydrogen) atoms. The van der Waals surface area contributed by atoms with Gasteiger partial charge in [-0.05, 0) is 59.5 Å². The standard InChI is InChI=1S/C24H24ClNO4/c25-21-3-1-2-20(14-21)23(27)15-26-13-12-17-4-6-18(7-5-17)19-8-10-22(11-9-19)30-16-24(28)29/h1-11,14,23,26-27H,12-13,15-16H2,(H,28,29)/t23-/m0/s1. The smallest absolute Gasteiger partial charge is 0.341 e.